The molecule has 4 nitrogen and oxygen atoms in total. The normalized spacial score (nSPS) is 11.3. The number of nitrogens with zero attached hydrogens (tertiary/aromatic N) is 4. The molecule has 24 heavy (non-hydrogen) atoms. The van der Waals surface area contributed by atoms with Crippen LogP contribution in [0.2, 0.25) is 0 Å². The molecule has 2 heterocycles. The second-order valence-corrected chi connectivity index (χ2v) is 7.75. The van der Waals surface area contributed by atoms with Gasteiger partial charge in [-0.3, -0.25) is 0 Å². The van der Waals surface area contributed by atoms with Gasteiger partial charge in [0, 0.05) is 29.2 Å². The van der Waals surface area contributed by atoms with Crippen LogP contribution in [0.1, 0.15) is 44.6 Å². The van der Waals surface area contributed by atoms with Gasteiger partial charge in [-0.2, -0.15) is 0 Å². The fourth-order valence-electron chi connectivity index (χ4n) is 2.49. The summed E-state index contributed by atoms with van der Waals surface area (Å²) in [6.45, 7) is 7.48. The lowest BCUT2D eigenvalue weighted by molar-refractivity contribution is 0.572. The summed E-state index contributed by atoms with van der Waals surface area (Å²) in [4.78, 5) is 4.75. The van der Waals surface area contributed by atoms with Gasteiger partial charge in [0.05, 0.1) is 5.69 Å². The van der Waals surface area contributed by atoms with Crippen molar-refractivity contribution < 1.29 is 0 Å². The molecular formula is C18H22N4S2. The van der Waals surface area contributed by atoms with E-state index in [0.29, 0.717) is 5.92 Å². The van der Waals surface area contributed by atoms with Crippen molar-refractivity contribution in [1.82, 2.24) is 19.7 Å². The van der Waals surface area contributed by atoms with Gasteiger partial charge in [-0.1, -0.05) is 62.9 Å². The third-order valence-electron chi connectivity index (χ3n) is 3.63. The van der Waals surface area contributed by atoms with Crippen LogP contribution in [0, 0.1) is 0 Å². The summed E-state index contributed by atoms with van der Waals surface area (Å²) < 4.78 is 2.25. The summed E-state index contributed by atoms with van der Waals surface area (Å²) in [5.41, 5.74) is 2.27. The summed E-state index contributed by atoms with van der Waals surface area (Å²) in [6, 6.07) is 10.3. The number of benzene rings is 1. The SMILES string of the molecule is CCCn1c(SCc2csc(-c3ccccc3)n2)nnc1C(C)C. The Morgan fingerprint density at radius 3 is 2.67 bits per heavy atom. The number of thioether (sulfide) groups is 1. The predicted molar refractivity (Wildman–Crippen MR) is 102 cm³/mol. The Labute approximate surface area is 151 Å². The molecule has 0 spiro atoms. The molecule has 0 aliphatic heterocycles. The Kier molecular flexibility index (Phi) is 5.68. The largest absolute Gasteiger partial charge is 0.306 e. The Bertz CT molecular complexity index is 777. The number of hydrogen-bond acceptors (Lipinski definition) is 5. The van der Waals surface area contributed by atoms with Crippen LogP contribution >= 0.6 is 23.1 Å². The molecule has 126 valence electrons. The maximum Gasteiger partial charge on any atom is 0.191 e. The predicted octanol–water partition coefficient (Wildman–Crippen LogP) is 5.23. The van der Waals surface area contributed by atoms with Crippen LogP contribution < -0.4 is 0 Å². The zero-order valence-corrected chi connectivity index (χ0v) is 15.9. The van der Waals surface area contributed by atoms with Gasteiger partial charge in [-0.05, 0) is 6.42 Å². The van der Waals surface area contributed by atoms with Crippen molar-refractivity contribution in [2.24, 2.45) is 0 Å². The van der Waals surface area contributed by atoms with Crippen molar-refractivity contribution in [1.29, 1.82) is 0 Å². The highest BCUT2D eigenvalue weighted by atomic mass is 32.2. The summed E-state index contributed by atoms with van der Waals surface area (Å²) in [5, 5.41) is 13.0. The molecule has 0 atom stereocenters. The zero-order chi connectivity index (χ0) is 16.9. The highest BCUT2D eigenvalue weighted by Crippen LogP contribution is 2.28. The van der Waals surface area contributed by atoms with Crippen LogP contribution in [0.4, 0.5) is 0 Å². The quantitative estimate of drug-likeness (QED) is 0.543. The van der Waals surface area contributed by atoms with E-state index in [0.717, 1.165) is 40.4 Å². The van der Waals surface area contributed by atoms with Crippen LogP contribution in [0.5, 0.6) is 0 Å². The molecule has 3 rings (SSSR count). The van der Waals surface area contributed by atoms with Crippen molar-refractivity contribution in [3.63, 3.8) is 0 Å². The fraction of sp³-hybridized carbons (Fsp3) is 0.389. The van der Waals surface area contributed by atoms with E-state index in [-0.39, 0.29) is 0 Å². The third-order valence-corrected chi connectivity index (χ3v) is 5.57. The molecule has 0 aliphatic carbocycles. The van der Waals surface area contributed by atoms with E-state index in [1.807, 2.05) is 18.2 Å². The second-order valence-electron chi connectivity index (χ2n) is 5.95. The van der Waals surface area contributed by atoms with Crippen molar-refractivity contribution in [2.75, 3.05) is 0 Å². The minimum atomic E-state index is 0.391. The highest BCUT2D eigenvalue weighted by Gasteiger charge is 2.15. The van der Waals surface area contributed by atoms with E-state index in [9.17, 15) is 0 Å². The minimum Gasteiger partial charge on any atom is -0.306 e. The first-order valence-corrected chi connectivity index (χ1v) is 10.1. The molecule has 0 amide bonds. The molecule has 0 unspecified atom stereocenters. The topological polar surface area (TPSA) is 43.6 Å². The molecule has 0 fully saturated rings. The summed E-state index contributed by atoms with van der Waals surface area (Å²) in [7, 11) is 0. The molecule has 6 heteroatoms. The van der Waals surface area contributed by atoms with Gasteiger partial charge < -0.3 is 4.57 Å². The molecule has 0 saturated heterocycles. The molecule has 0 N–H and O–H groups in total. The molecule has 0 aliphatic rings. The van der Waals surface area contributed by atoms with Gasteiger partial charge in [0.1, 0.15) is 10.8 Å². The van der Waals surface area contributed by atoms with Crippen LogP contribution in [0.25, 0.3) is 10.6 Å². The molecule has 3 aromatic rings. The molecule has 1 aromatic carbocycles. The lowest BCUT2D eigenvalue weighted by Crippen LogP contribution is -2.06. The first-order valence-electron chi connectivity index (χ1n) is 8.24. The highest BCUT2D eigenvalue weighted by molar-refractivity contribution is 7.98. The molecule has 0 bridgehead atoms. The zero-order valence-electron chi connectivity index (χ0n) is 14.3. The first kappa shape index (κ1) is 17.2. The van der Waals surface area contributed by atoms with E-state index in [1.165, 1.54) is 5.56 Å². The van der Waals surface area contributed by atoms with Gasteiger partial charge in [-0.25, -0.2) is 4.98 Å². The van der Waals surface area contributed by atoms with E-state index in [2.05, 4.69) is 53.0 Å². The minimum absolute atomic E-state index is 0.391. The second kappa shape index (κ2) is 7.94. The summed E-state index contributed by atoms with van der Waals surface area (Å²) in [5.74, 6) is 2.29. The van der Waals surface area contributed by atoms with Crippen LogP contribution in [-0.4, -0.2) is 19.7 Å². The van der Waals surface area contributed by atoms with Crippen molar-refractivity contribution in [3.8, 4) is 10.6 Å². The van der Waals surface area contributed by atoms with E-state index >= 15 is 0 Å². The molecular weight excluding hydrogens is 336 g/mol. The number of thiazole rings is 1. The van der Waals surface area contributed by atoms with Crippen LogP contribution in [0.3, 0.4) is 0 Å². The van der Waals surface area contributed by atoms with Gasteiger partial charge in [-0.15, -0.1) is 21.5 Å². The van der Waals surface area contributed by atoms with E-state index in [4.69, 9.17) is 4.98 Å². The standard InChI is InChI=1S/C18H22N4S2/c1-4-10-22-16(13(2)3)20-21-18(22)24-12-15-11-23-17(19-15)14-8-6-5-7-9-14/h5-9,11,13H,4,10,12H2,1-3H3. The lowest BCUT2D eigenvalue weighted by atomic mass is 10.2. The third kappa shape index (κ3) is 3.87. The van der Waals surface area contributed by atoms with Gasteiger partial charge in [0.2, 0.25) is 0 Å². The summed E-state index contributed by atoms with van der Waals surface area (Å²) in [6.07, 6.45) is 1.08. The van der Waals surface area contributed by atoms with Crippen molar-refractivity contribution >= 4 is 23.1 Å². The Morgan fingerprint density at radius 1 is 1.17 bits per heavy atom. The van der Waals surface area contributed by atoms with Gasteiger partial charge in [0.15, 0.2) is 5.16 Å². The van der Waals surface area contributed by atoms with Crippen LogP contribution in [0.15, 0.2) is 40.9 Å². The average molecular weight is 359 g/mol. The maximum absolute atomic E-state index is 4.75. The number of hydrogen-bond donors (Lipinski definition) is 0. The molecule has 0 radical (unpaired) electrons. The summed E-state index contributed by atoms with van der Waals surface area (Å²) >= 11 is 3.42. The van der Waals surface area contributed by atoms with E-state index < -0.39 is 0 Å². The number of aromatic nitrogens is 4. The van der Waals surface area contributed by atoms with Gasteiger partial charge >= 0.3 is 0 Å². The molecule has 0 saturated carbocycles. The fourth-order valence-corrected chi connectivity index (χ4v) is 4.29. The van der Waals surface area contributed by atoms with Crippen LogP contribution in [-0.2, 0) is 12.3 Å². The number of rotatable bonds is 7. The lowest BCUT2D eigenvalue weighted by Gasteiger charge is -2.10. The van der Waals surface area contributed by atoms with Crippen molar-refractivity contribution in [3.05, 3.63) is 47.2 Å². The first-order chi connectivity index (χ1) is 11.7. The monoisotopic (exact) mass is 358 g/mol. The average Bonchev–Trinajstić information content (AvgIpc) is 3.21. The Hall–Kier alpha value is -1.66. The molecule has 2 aromatic heterocycles. The Morgan fingerprint density at radius 2 is 1.96 bits per heavy atom. The smallest absolute Gasteiger partial charge is 0.191 e. The van der Waals surface area contributed by atoms with Gasteiger partial charge in [0.25, 0.3) is 0 Å². The van der Waals surface area contributed by atoms with E-state index in [1.54, 1.807) is 23.1 Å². The Balaban J connectivity index is 1.71. The maximum atomic E-state index is 4.75. The van der Waals surface area contributed by atoms with Crippen molar-refractivity contribution in [2.45, 2.75) is 50.6 Å².